The lowest BCUT2D eigenvalue weighted by atomic mass is 9.97. The van der Waals surface area contributed by atoms with E-state index in [-0.39, 0.29) is 24.1 Å². The van der Waals surface area contributed by atoms with Crippen LogP contribution in [-0.4, -0.2) is 47.4 Å². The Morgan fingerprint density at radius 2 is 2.00 bits per heavy atom. The Hall–Kier alpha value is -2.81. The van der Waals surface area contributed by atoms with E-state index in [9.17, 15) is 9.59 Å². The number of thioether (sulfide) groups is 1. The van der Waals surface area contributed by atoms with Crippen molar-refractivity contribution in [1.82, 2.24) is 10.6 Å². The number of anilines is 3. The Kier molecular flexibility index (Phi) is 5.90. The van der Waals surface area contributed by atoms with Gasteiger partial charge in [0.15, 0.2) is 0 Å². The van der Waals surface area contributed by atoms with E-state index in [0.29, 0.717) is 24.7 Å². The molecule has 2 unspecified atom stereocenters. The van der Waals surface area contributed by atoms with Crippen molar-refractivity contribution in [2.45, 2.75) is 62.0 Å². The van der Waals surface area contributed by atoms with Crippen molar-refractivity contribution in [3.05, 3.63) is 30.3 Å². The SMILES string of the molecule is CC1(CCOC(=O)CCCC[C@H]2SC[C@H]3NC(=O)NC32)Nc2cccc3c(N)ccc(c23)N1. The van der Waals surface area contributed by atoms with Gasteiger partial charge in [0.05, 0.1) is 18.7 Å². The molecule has 0 saturated carbocycles. The third-order valence-electron chi connectivity index (χ3n) is 6.82. The van der Waals surface area contributed by atoms with Crippen molar-refractivity contribution in [3.63, 3.8) is 0 Å². The molecule has 0 spiro atoms. The smallest absolute Gasteiger partial charge is 0.315 e. The maximum absolute atomic E-state index is 12.3. The summed E-state index contributed by atoms with van der Waals surface area (Å²) >= 11 is 1.90. The van der Waals surface area contributed by atoms with Crippen molar-refractivity contribution in [1.29, 1.82) is 0 Å². The number of ether oxygens (including phenoxy) is 1. The molecule has 33 heavy (non-hydrogen) atoms. The molecule has 4 atom stereocenters. The average Bonchev–Trinajstić information content (AvgIpc) is 3.33. The van der Waals surface area contributed by atoms with Gasteiger partial charge in [0, 0.05) is 51.7 Å². The van der Waals surface area contributed by atoms with Crippen molar-refractivity contribution in [2.24, 2.45) is 0 Å². The van der Waals surface area contributed by atoms with Gasteiger partial charge >= 0.3 is 12.0 Å². The second kappa shape index (κ2) is 8.85. The Morgan fingerprint density at radius 1 is 1.18 bits per heavy atom. The number of hydrogen-bond donors (Lipinski definition) is 5. The molecule has 9 heteroatoms. The molecular weight excluding hydrogens is 438 g/mol. The molecule has 176 valence electrons. The fourth-order valence-corrected chi connectivity index (χ4v) is 6.63. The molecule has 0 aliphatic carbocycles. The first-order valence-electron chi connectivity index (χ1n) is 11.6. The number of amides is 2. The minimum atomic E-state index is -0.423. The van der Waals surface area contributed by atoms with Gasteiger partial charge in [-0.1, -0.05) is 18.6 Å². The summed E-state index contributed by atoms with van der Waals surface area (Å²) in [5, 5.41) is 15.6. The first kappa shape index (κ1) is 22.0. The fourth-order valence-electron chi connectivity index (χ4n) is 5.09. The maximum atomic E-state index is 12.3. The molecule has 8 nitrogen and oxygen atoms in total. The molecule has 3 aliphatic heterocycles. The second-order valence-electron chi connectivity index (χ2n) is 9.35. The number of benzene rings is 2. The highest BCUT2D eigenvalue weighted by molar-refractivity contribution is 8.00. The van der Waals surface area contributed by atoms with Crippen LogP contribution in [0.2, 0.25) is 0 Å². The van der Waals surface area contributed by atoms with E-state index in [0.717, 1.165) is 52.8 Å². The van der Waals surface area contributed by atoms with Gasteiger partial charge in [0.1, 0.15) is 5.66 Å². The zero-order valence-corrected chi connectivity index (χ0v) is 19.6. The predicted octanol–water partition coefficient (Wildman–Crippen LogP) is 3.63. The Morgan fingerprint density at radius 3 is 2.85 bits per heavy atom. The molecule has 6 N–H and O–H groups in total. The zero-order valence-electron chi connectivity index (χ0n) is 18.8. The number of carbonyl (C=O) groups is 2. The summed E-state index contributed by atoms with van der Waals surface area (Å²) in [4.78, 5) is 23.7. The third kappa shape index (κ3) is 4.51. The summed E-state index contributed by atoms with van der Waals surface area (Å²) in [6.07, 6.45) is 3.82. The molecule has 3 aliphatic rings. The molecule has 2 saturated heterocycles. The first-order chi connectivity index (χ1) is 15.9. The van der Waals surface area contributed by atoms with Gasteiger partial charge in [0.2, 0.25) is 0 Å². The molecule has 2 fully saturated rings. The van der Waals surface area contributed by atoms with E-state index in [1.807, 2.05) is 42.1 Å². The van der Waals surface area contributed by atoms with Gasteiger partial charge in [-0.2, -0.15) is 11.8 Å². The second-order valence-corrected chi connectivity index (χ2v) is 10.6. The highest BCUT2D eigenvalue weighted by atomic mass is 32.2. The minimum absolute atomic E-state index is 0.0566. The number of rotatable bonds is 8. The van der Waals surface area contributed by atoms with Crippen molar-refractivity contribution in [3.8, 4) is 0 Å². The number of fused-ring (bicyclic) bond motifs is 1. The van der Waals surface area contributed by atoms with Crippen LogP contribution in [0.15, 0.2) is 30.3 Å². The lowest BCUT2D eigenvalue weighted by molar-refractivity contribution is -0.144. The van der Waals surface area contributed by atoms with Gasteiger partial charge in [-0.25, -0.2) is 4.79 Å². The summed E-state index contributed by atoms with van der Waals surface area (Å²) in [5.74, 6) is 0.807. The summed E-state index contributed by atoms with van der Waals surface area (Å²) < 4.78 is 5.53. The van der Waals surface area contributed by atoms with E-state index in [1.165, 1.54) is 0 Å². The molecule has 3 heterocycles. The number of hydrogen-bond acceptors (Lipinski definition) is 7. The minimum Gasteiger partial charge on any atom is -0.466 e. The van der Waals surface area contributed by atoms with Crippen LogP contribution in [0, 0.1) is 0 Å². The number of urea groups is 1. The molecular formula is C24H31N5O3S. The summed E-state index contributed by atoms with van der Waals surface area (Å²) in [7, 11) is 0. The molecule has 2 aromatic rings. The van der Waals surface area contributed by atoms with Crippen LogP contribution in [0.3, 0.4) is 0 Å². The van der Waals surface area contributed by atoms with Gasteiger partial charge in [-0.05, 0) is 38.0 Å². The summed E-state index contributed by atoms with van der Waals surface area (Å²) in [6, 6.07) is 10.4. The van der Waals surface area contributed by atoms with Crippen LogP contribution in [-0.2, 0) is 9.53 Å². The number of nitrogens with two attached hydrogens (primary N) is 1. The van der Waals surface area contributed by atoms with Crippen LogP contribution in [0.25, 0.3) is 10.8 Å². The highest BCUT2D eigenvalue weighted by Crippen LogP contribution is 2.40. The molecule has 0 bridgehead atoms. The average molecular weight is 470 g/mol. The Bertz CT molecular complexity index is 1070. The lowest BCUT2D eigenvalue weighted by Gasteiger charge is -2.39. The summed E-state index contributed by atoms with van der Waals surface area (Å²) in [5.41, 5.74) is 8.53. The number of esters is 1. The van der Waals surface area contributed by atoms with E-state index < -0.39 is 5.66 Å². The number of nitrogen functional groups attached to an aromatic ring is 1. The predicted molar refractivity (Wildman–Crippen MR) is 134 cm³/mol. The van der Waals surface area contributed by atoms with Crippen LogP contribution in [0.5, 0.6) is 0 Å². The van der Waals surface area contributed by atoms with Gasteiger partial charge < -0.3 is 31.7 Å². The standard InChI is InChI=1S/C24H31N5O3S/c1-24(28-16-6-4-5-14-15(25)9-10-17(29-24)21(14)16)11-12-32-20(30)8-3-2-7-19-22-18(13-33-19)26-23(31)27-22/h4-6,9-10,18-19,22,28-29H,2-3,7-8,11-13,25H2,1H3,(H2,26,27,31)/t18-,19-,22?,24?/m1/s1. The largest absolute Gasteiger partial charge is 0.466 e. The van der Waals surface area contributed by atoms with Crippen LogP contribution < -0.4 is 27.0 Å². The fraction of sp³-hybridized carbons (Fsp3) is 0.500. The van der Waals surface area contributed by atoms with E-state index in [4.69, 9.17) is 10.5 Å². The van der Waals surface area contributed by atoms with Crippen LogP contribution >= 0.6 is 11.8 Å². The normalized spacial score (nSPS) is 27.3. The van der Waals surface area contributed by atoms with Crippen LogP contribution in [0.1, 0.15) is 39.0 Å². The summed E-state index contributed by atoms with van der Waals surface area (Å²) in [6.45, 7) is 2.41. The highest BCUT2D eigenvalue weighted by Gasteiger charge is 2.42. The number of nitrogens with one attached hydrogen (secondary N) is 4. The number of unbranched alkanes of at least 4 members (excludes halogenated alkanes) is 1. The molecule has 0 radical (unpaired) electrons. The lowest BCUT2D eigenvalue weighted by Crippen LogP contribution is -2.46. The monoisotopic (exact) mass is 469 g/mol. The molecule has 2 aromatic carbocycles. The van der Waals surface area contributed by atoms with Crippen molar-refractivity contribution in [2.75, 3.05) is 28.7 Å². The first-order valence-corrected chi connectivity index (χ1v) is 12.7. The van der Waals surface area contributed by atoms with E-state index in [1.54, 1.807) is 0 Å². The van der Waals surface area contributed by atoms with E-state index >= 15 is 0 Å². The van der Waals surface area contributed by atoms with Gasteiger partial charge in [0.25, 0.3) is 0 Å². The number of carbonyl (C=O) groups excluding carboxylic acids is 2. The van der Waals surface area contributed by atoms with Crippen molar-refractivity contribution >= 4 is 51.6 Å². The Balaban J connectivity index is 1.05. The van der Waals surface area contributed by atoms with Gasteiger partial charge in [-0.15, -0.1) is 0 Å². The molecule has 5 rings (SSSR count). The van der Waals surface area contributed by atoms with Gasteiger partial charge in [-0.3, -0.25) is 4.79 Å². The maximum Gasteiger partial charge on any atom is 0.315 e. The van der Waals surface area contributed by atoms with E-state index in [2.05, 4.69) is 28.2 Å². The molecule has 2 amide bonds. The molecule has 0 aromatic heterocycles. The van der Waals surface area contributed by atoms with Crippen LogP contribution in [0.4, 0.5) is 21.9 Å². The van der Waals surface area contributed by atoms with Crippen molar-refractivity contribution < 1.29 is 14.3 Å². The Labute approximate surface area is 197 Å². The quantitative estimate of drug-likeness (QED) is 0.173. The third-order valence-corrected chi connectivity index (χ3v) is 8.33. The zero-order chi connectivity index (χ0) is 23.0. The topological polar surface area (TPSA) is 118 Å².